The molecule has 14 heavy (non-hydrogen) atoms. The minimum Gasteiger partial charge on any atom is -0.293 e. The van der Waals surface area contributed by atoms with E-state index < -0.39 is 17.6 Å². The molecule has 0 fully saturated rings. The number of halogens is 4. The normalized spacial score (nSPS) is 10.8. The summed E-state index contributed by atoms with van der Waals surface area (Å²) in [4.78, 5) is 0. The van der Waals surface area contributed by atoms with Crippen molar-refractivity contribution in [1.82, 2.24) is 0 Å². The molecule has 0 radical (unpaired) electrons. The van der Waals surface area contributed by atoms with E-state index >= 15 is 0 Å². The molecule has 0 aromatic heterocycles. The zero-order valence-corrected chi connectivity index (χ0v) is 6.69. The lowest BCUT2D eigenvalue weighted by atomic mass is 10.2. The quantitative estimate of drug-likeness (QED) is 0.433. The van der Waals surface area contributed by atoms with Crippen LogP contribution in [0.1, 0.15) is 5.56 Å². The van der Waals surface area contributed by atoms with Crippen LogP contribution >= 0.6 is 0 Å². The fraction of sp³-hybridized carbons (Fsp3) is 0.125. The minimum atomic E-state index is -4.75. The molecule has 74 valence electrons. The topological polar surface area (TPSA) is 35.8 Å². The van der Waals surface area contributed by atoms with Crippen molar-refractivity contribution in [2.24, 2.45) is 0 Å². The molecule has 0 aliphatic heterocycles. The highest BCUT2D eigenvalue weighted by Crippen LogP contribution is 2.32. The Morgan fingerprint density at radius 3 is 2.43 bits per heavy atom. The Morgan fingerprint density at radius 1 is 1.29 bits per heavy atom. The highest BCUT2D eigenvalue weighted by Gasteiger charge is 2.34. The van der Waals surface area contributed by atoms with Gasteiger partial charge in [0.15, 0.2) is 6.19 Å². The summed E-state index contributed by atoms with van der Waals surface area (Å²) >= 11 is 0. The third kappa shape index (κ3) is 2.13. The van der Waals surface area contributed by atoms with Gasteiger partial charge >= 0.3 is 6.18 Å². The van der Waals surface area contributed by atoms with Gasteiger partial charge in [0.2, 0.25) is 0 Å². The number of nitrogens with one attached hydrogen (secondary N) is 1. The molecule has 0 aliphatic rings. The second kappa shape index (κ2) is 3.54. The molecule has 0 heterocycles. The van der Waals surface area contributed by atoms with E-state index in [0.29, 0.717) is 12.1 Å². The van der Waals surface area contributed by atoms with Crippen molar-refractivity contribution in [3.8, 4) is 6.19 Å². The van der Waals surface area contributed by atoms with Crippen LogP contribution in [0.2, 0.25) is 0 Å². The molecule has 0 bridgehead atoms. The summed E-state index contributed by atoms with van der Waals surface area (Å²) in [5.41, 5.74) is -1.49. The van der Waals surface area contributed by atoms with Gasteiger partial charge in [0.25, 0.3) is 0 Å². The molecule has 0 atom stereocenters. The average Bonchev–Trinajstić information content (AvgIpc) is 2.07. The van der Waals surface area contributed by atoms with E-state index in [1.807, 2.05) is 5.32 Å². The van der Waals surface area contributed by atoms with Gasteiger partial charge < -0.3 is 0 Å². The van der Waals surface area contributed by atoms with E-state index in [1.54, 1.807) is 0 Å². The van der Waals surface area contributed by atoms with Gasteiger partial charge in [-0.05, 0) is 18.2 Å². The molecule has 0 aliphatic carbocycles. The third-order valence-electron chi connectivity index (χ3n) is 1.47. The first-order valence-electron chi connectivity index (χ1n) is 3.47. The van der Waals surface area contributed by atoms with Crippen LogP contribution in [0, 0.1) is 17.3 Å². The minimum absolute atomic E-state index is 0.0961. The number of hydrogen-bond donors (Lipinski definition) is 1. The predicted octanol–water partition coefficient (Wildman–Crippen LogP) is 2.74. The van der Waals surface area contributed by atoms with Gasteiger partial charge in [-0.15, -0.1) is 0 Å². The summed E-state index contributed by atoms with van der Waals surface area (Å²) in [6.45, 7) is 0. The van der Waals surface area contributed by atoms with Gasteiger partial charge in [0.1, 0.15) is 5.82 Å². The van der Waals surface area contributed by atoms with Crippen molar-refractivity contribution < 1.29 is 17.6 Å². The van der Waals surface area contributed by atoms with Crippen molar-refractivity contribution in [3.63, 3.8) is 0 Å². The average molecular weight is 204 g/mol. The lowest BCUT2D eigenvalue weighted by Gasteiger charge is -2.08. The number of rotatable bonds is 1. The zero-order valence-electron chi connectivity index (χ0n) is 6.69. The van der Waals surface area contributed by atoms with E-state index in [9.17, 15) is 17.6 Å². The van der Waals surface area contributed by atoms with Crippen molar-refractivity contribution >= 4 is 5.69 Å². The maximum atomic E-state index is 12.7. The van der Waals surface area contributed by atoms with E-state index in [-0.39, 0.29) is 5.69 Å². The van der Waals surface area contributed by atoms with E-state index in [4.69, 9.17) is 5.26 Å². The van der Waals surface area contributed by atoms with Crippen molar-refractivity contribution in [3.05, 3.63) is 29.6 Å². The molecule has 0 amide bonds. The first-order chi connectivity index (χ1) is 6.45. The van der Waals surface area contributed by atoms with Gasteiger partial charge in [-0.25, -0.2) is 4.39 Å². The fourth-order valence-electron chi connectivity index (χ4n) is 0.885. The zero-order chi connectivity index (χ0) is 10.8. The number of nitrogens with zero attached hydrogens (tertiary/aromatic N) is 1. The van der Waals surface area contributed by atoms with Crippen molar-refractivity contribution in [2.75, 3.05) is 5.32 Å². The third-order valence-corrected chi connectivity index (χ3v) is 1.47. The van der Waals surface area contributed by atoms with Crippen LogP contribution in [-0.4, -0.2) is 0 Å². The number of alkyl halides is 3. The molecule has 6 heteroatoms. The van der Waals surface area contributed by atoms with Crippen LogP contribution in [0.15, 0.2) is 18.2 Å². The molecule has 0 saturated heterocycles. The SMILES string of the molecule is N#CNc1ccc(F)c(C(F)(F)F)c1. The van der Waals surface area contributed by atoms with Gasteiger partial charge in [0, 0.05) is 5.69 Å². The van der Waals surface area contributed by atoms with Crippen LogP contribution in [0.3, 0.4) is 0 Å². The van der Waals surface area contributed by atoms with E-state index in [0.717, 1.165) is 6.07 Å². The molecule has 1 rings (SSSR count). The van der Waals surface area contributed by atoms with Gasteiger partial charge in [-0.2, -0.15) is 18.4 Å². The largest absolute Gasteiger partial charge is 0.419 e. The standard InChI is InChI=1S/C8H4F4N2/c9-7-2-1-5(14-4-13)3-6(7)8(10,11)12/h1-3,14H. The monoisotopic (exact) mass is 204 g/mol. The Balaban J connectivity index is 3.17. The molecular weight excluding hydrogens is 200 g/mol. The highest BCUT2D eigenvalue weighted by atomic mass is 19.4. The van der Waals surface area contributed by atoms with E-state index in [1.165, 1.54) is 6.19 Å². The molecular formula is C8H4F4N2. The van der Waals surface area contributed by atoms with Crippen molar-refractivity contribution in [2.45, 2.75) is 6.18 Å². The van der Waals surface area contributed by atoms with Gasteiger partial charge in [-0.1, -0.05) is 0 Å². The first kappa shape index (κ1) is 10.3. The predicted molar refractivity (Wildman–Crippen MR) is 40.6 cm³/mol. The smallest absolute Gasteiger partial charge is 0.293 e. The molecule has 0 saturated carbocycles. The molecule has 2 nitrogen and oxygen atoms in total. The van der Waals surface area contributed by atoms with Crippen LogP contribution in [0.5, 0.6) is 0 Å². The second-order valence-electron chi connectivity index (χ2n) is 2.43. The lowest BCUT2D eigenvalue weighted by Crippen LogP contribution is -2.08. The van der Waals surface area contributed by atoms with Crippen LogP contribution in [-0.2, 0) is 6.18 Å². The number of benzene rings is 1. The van der Waals surface area contributed by atoms with Crippen molar-refractivity contribution in [1.29, 1.82) is 5.26 Å². The Labute approximate surface area is 76.8 Å². The van der Waals surface area contributed by atoms with Crippen LogP contribution in [0.25, 0.3) is 0 Å². The highest BCUT2D eigenvalue weighted by molar-refractivity contribution is 5.49. The maximum Gasteiger partial charge on any atom is 0.419 e. The Morgan fingerprint density at radius 2 is 1.93 bits per heavy atom. The van der Waals surface area contributed by atoms with Crippen LogP contribution < -0.4 is 5.32 Å². The summed E-state index contributed by atoms with van der Waals surface area (Å²) in [5.74, 6) is -1.36. The summed E-state index contributed by atoms with van der Waals surface area (Å²) in [6.07, 6.45) is -3.31. The second-order valence-corrected chi connectivity index (χ2v) is 2.43. The molecule has 1 aromatic carbocycles. The molecule has 0 unspecified atom stereocenters. The summed E-state index contributed by atoms with van der Waals surface area (Å²) < 4.78 is 49.0. The number of anilines is 1. The lowest BCUT2D eigenvalue weighted by molar-refractivity contribution is -0.139. The Bertz CT molecular complexity index is 378. The fourth-order valence-corrected chi connectivity index (χ4v) is 0.885. The molecule has 1 N–H and O–H groups in total. The Kier molecular flexibility index (Phi) is 2.60. The number of hydrogen-bond acceptors (Lipinski definition) is 2. The first-order valence-corrected chi connectivity index (χ1v) is 3.47. The summed E-state index contributed by atoms with van der Waals surface area (Å²) in [6, 6.07) is 2.24. The summed E-state index contributed by atoms with van der Waals surface area (Å²) in [7, 11) is 0. The molecule has 1 aromatic rings. The molecule has 0 spiro atoms. The Hall–Kier alpha value is -1.77. The maximum absolute atomic E-state index is 12.7. The number of nitriles is 1. The summed E-state index contributed by atoms with van der Waals surface area (Å²) in [5, 5.41) is 10.1. The van der Waals surface area contributed by atoms with Crippen LogP contribution in [0.4, 0.5) is 23.2 Å². The van der Waals surface area contributed by atoms with E-state index in [2.05, 4.69) is 0 Å². The van der Waals surface area contributed by atoms with Gasteiger partial charge in [-0.3, -0.25) is 5.32 Å². The van der Waals surface area contributed by atoms with Gasteiger partial charge in [0.05, 0.1) is 5.56 Å².